The predicted octanol–water partition coefficient (Wildman–Crippen LogP) is 5.16. The Morgan fingerprint density at radius 3 is 2.75 bits per heavy atom. The zero-order valence-corrected chi connectivity index (χ0v) is 14.9. The molecule has 0 radical (unpaired) electrons. The van der Waals surface area contributed by atoms with Crippen LogP contribution in [0.1, 0.15) is 11.1 Å². The largest absolute Gasteiger partial charge is 0.288 e. The molecule has 0 saturated heterocycles. The van der Waals surface area contributed by atoms with Crippen molar-refractivity contribution >= 4 is 38.5 Å². The molecule has 0 saturated carbocycles. The van der Waals surface area contributed by atoms with Gasteiger partial charge < -0.3 is 0 Å². The van der Waals surface area contributed by atoms with Crippen LogP contribution in [0.25, 0.3) is 49.6 Å². The average molecular weight is 358 g/mol. The van der Waals surface area contributed by atoms with E-state index in [0.717, 1.165) is 28.7 Å². The third-order valence-corrected chi connectivity index (χ3v) is 5.94. The molecule has 0 fully saturated rings. The van der Waals surface area contributed by atoms with E-state index in [-0.39, 0.29) is 0 Å². The maximum atomic E-state index is 4.97. The van der Waals surface area contributed by atoms with Gasteiger partial charge in [0.05, 0.1) is 17.2 Å². The van der Waals surface area contributed by atoms with Gasteiger partial charge in [-0.05, 0) is 52.3 Å². The molecule has 0 aliphatic heterocycles. The Hall–Kier alpha value is -3.79. The van der Waals surface area contributed by atoms with Gasteiger partial charge in [-0.3, -0.25) is 9.38 Å². The predicted molar refractivity (Wildman–Crippen MR) is 112 cm³/mol. The average Bonchev–Trinajstić information content (AvgIpc) is 3.32. The van der Waals surface area contributed by atoms with Crippen molar-refractivity contribution in [2.75, 3.05) is 0 Å². The van der Waals surface area contributed by atoms with Gasteiger partial charge in [0.2, 0.25) is 0 Å². The molecule has 4 heterocycles. The summed E-state index contributed by atoms with van der Waals surface area (Å²) in [4.78, 5) is 13.9. The maximum absolute atomic E-state index is 4.97. The highest BCUT2D eigenvalue weighted by Crippen LogP contribution is 2.44. The van der Waals surface area contributed by atoms with Crippen LogP contribution in [0.3, 0.4) is 0 Å². The van der Waals surface area contributed by atoms with E-state index in [4.69, 9.17) is 4.98 Å². The highest BCUT2D eigenvalue weighted by molar-refractivity contribution is 6.19. The molecule has 0 atom stereocenters. The van der Waals surface area contributed by atoms with Gasteiger partial charge in [-0.15, -0.1) is 0 Å². The van der Waals surface area contributed by atoms with Gasteiger partial charge in [0.1, 0.15) is 5.65 Å². The molecule has 130 valence electrons. The first-order chi connectivity index (χ1) is 13.9. The minimum absolute atomic E-state index is 0.768. The van der Waals surface area contributed by atoms with E-state index in [0.29, 0.717) is 0 Å². The van der Waals surface area contributed by atoms with Gasteiger partial charge in [0.15, 0.2) is 5.65 Å². The van der Waals surface area contributed by atoms with Crippen LogP contribution in [0.2, 0.25) is 0 Å². The van der Waals surface area contributed by atoms with E-state index < -0.39 is 0 Å². The minimum atomic E-state index is 0.768. The first-order valence-corrected chi connectivity index (χ1v) is 9.43. The van der Waals surface area contributed by atoms with Gasteiger partial charge in [-0.25, -0.2) is 9.97 Å². The molecule has 4 aromatic heterocycles. The molecular weight excluding hydrogens is 344 g/mol. The Labute approximate surface area is 160 Å². The van der Waals surface area contributed by atoms with Crippen molar-refractivity contribution < 1.29 is 0 Å². The number of rotatable bonds is 0. The first kappa shape index (κ1) is 14.3. The number of imidazole rings is 1. The first-order valence-electron chi connectivity index (χ1n) is 9.43. The van der Waals surface area contributed by atoms with E-state index in [9.17, 15) is 0 Å². The van der Waals surface area contributed by atoms with E-state index in [1.54, 1.807) is 6.20 Å². The number of benzene rings is 2. The molecule has 0 N–H and O–H groups in total. The molecule has 1 aliphatic carbocycles. The van der Waals surface area contributed by atoms with Gasteiger partial charge in [0.25, 0.3) is 0 Å². The van der Waals surface area contributed by atoms with E-state index >= 15 is 0 Å². The standard InChI is InChI=1S/C24H14N4/c1-2-5-16-14(4-1)12-15-7-8-18-17-9-11-25-13-20(17)28-19-6-3-10-26-23(19)27-24(28)22(18)21(15)16/h1-11,13H,12H2. The zero-order valence-electron chi connectivity index (χ0n) is 14.9. The Bertz CT molecular complexity index is 1590. The second kappa shape index (κ2) is 4.93. The Kier molecular flexibility index (Phi) is 2.51. The third kappa shape index (κ3) is 1.63. The second-order valence-corrected chi connectivity index (χ2v) is 7.37. The van der Waals surface area contributed by atoms with Crippen molar-refractivity contribution in [1.82, 2.24) is 19.4 Å². The lowest BCUT2D eigenvalue weighted by molar-refractivity contribution is 1.26. The Morgan fingerprint density at radius 2 is 1.75 bits per heavy atom. The van der Waals surface area contributed by atoms with Gasteiger partial charge in [-0.2, -0.15) is 0 Å². The summed E-state index contributed by atoms with van der Waals surface area (Å²) in [5.74, 6) is 0. The van der Waals surface area contributed by atoms with Gasteiger partial charge >= 0.3 is 0 Å². The monoisotopic (exact) mass is 358 g/mol. The summed E-state index contributed by atoms with van der Waals surface area (Å²) in [5, 5.41) is 3.61. The molecule has 28 heavy (non-hydrogen) atoms. The van der Waals surface area contributed by atoms with Crippen LogP contribution in [0, 0.1) is 0 Å². The quantitative estimate of drug-likeness (QED) is 0.352. The summed E-state index contributed by atoms with van der Waals surface area (Å²) >= 11 is 0. The number of hydrogen-bond acceptors (Lipinski definition) is 3. The normalized spacial score (nSPS) is 12.9. The molecule has 7 rings (SSSR count). The van der Waals surface area contributed by atoms with Crippen LogP contribution in [0.5, 0.6) is 0 Å². The zero-order chi connectivity index (χ0) is 18.2. The molecule has 6 aromatic rings. The lowest BCUT2D eigenvalue weighted by Crippen LogP contribution is -1.94. The Morgan fingerprint density at radius 1 is 0.786 bits per heavy atom. The molecule has 1 aliphatic rings. The molecule has 0 spiro atoms. The van der Waals surface area contributed by atoms with Crippen LogP contribution < -0.4 is 0 Å². The van der Waals surface area contributed by atoms with Crippen LogP contribution in [0.4, 0.5) is 0 Å². The molecule has 0 amide bonds. The number of aromatic nitrogens is 4. The van der Waals surface area contributed by atoms with E-state index in [2.05, 4.69) is 62.9 Å². The van der Waals surface area contributed by atoms with Crippen LogP contribution in [-0.4, -0.2) is 19.4 Å². The summed E-state index contributed by atoms with van der Waals surface area (Å²) in [5.41, 5.74) is 9.18. The number of fused-ring (bicyclic) bond motifs is 12. The van der Waals surface area contributed by atoms with Crippen molar-refractivity contribution in [2.45, 2.75) is 6.42 Å². The van der Waals surface area contributed by atoms with E-state index in [1.165, 1.54) is 38.4 Å². The van der Waals surface area contributed by atoms with Crippen molar-refractivity contribution in [3.8, 4) is 11.1 Å². The molecular formula is C24H14N4. The minimum Gasteiger partial charge on any atom is -0.288 e. The van der Waals surface area contributed by atoms with Gasteiger partial charge in [-0.1, -0.05) is 36.4 Å². The highest BCUT2D eigenvalue weighted by atomic mass is 15.1. The van der Waals surface area contributed by atoms with Crippen molar-refractivity contribution in [2.24, 2.45) is 0 Å². The van der Waals surface area contributed by atoms with Gasteiger partial charge in [0, 0.05) is 23.2 Å². The molecule has 4 heteroatoms. The third-order valence-electron chi connectivity index (χ3n) is 5.94. The van der Waals surface area contributed by atoms with Crippen LogP contribution >= 0.6 is 0 Å². The number of hydrogen-bond donors (Lipinski definition) is 0. The molecule has 0 bridgehead atoms. The fourth-order valence-corrected chi connectivity index (χ4v) is 4.80. The lowest BCUT2D eigenvalue weighted by Gasteiger charge is -2.12. The SMILES string of the molecule is c1ccc2c(c1)Cc1ccc3c4ccncc4n4c5cccnc5nc4c3c1-2. The lowest BCUT2D eigenvalue weighted by atomic mass is 9.96. The van der Waals surface area contributed by atoms with Crippen LogP contribution in [-0.2, 0) is 6.42 Å². The van der Waals surface area contributed by atoms with E-state index in [1.807, 2.05) is 18.5 Å². The topological polar surface area (TPSA) is 43.1 Å². The maximum Gasteiger partial charge on any atom is 0.178 e. The van der Waals surface area contributed by atoms with Crippen molar-refractivity contribution in [3.05, 3.63) is 84.3 Å². The molecule has 4 nitrogen and oxygen atoms in total. The van der Waals surface area contributed by atoms with Crippen LogP contribution in [0.15, 0.2) is 73.2 Å². The van der Waals surface area contributed by atoms with Crippen molar-refractivity contribution in [3.63, 3.8) is 0 Å². The fourth-order valence-electron chi connectivity index (χ4n) is 4.80. The smallest absolute Gasteiger partial charge is 0.178 e. The number of nitrogens with zero attached hydrogens (tertiary/aromatic N) is 4. The molecule has 0 unspecified atom stereocenters. The summed E-state index contributed by atoms with van der Waals surface area (Å²) < 4.78 is 2.22. The summed E-state index contributed by atoms with van der Waals surface area (Å²) in [7, 11) is 0. The summed E-state index contributed by atoms with van der Waals surface area (Å²) in [6.07, 6.45) is 6.57. The Balaban J connectivity index is 1.84. The molecule has 2 aromatic carbocycles. The summed E-state index contributed by atoms with van der Waals surface area (Å²) in [6, 6.07) is 19.4. The van der Waals surface area contributed by atoms with Crippen molar-refractivity contribution in [1.29, 1.82) is 0 Å². The second-order valence-electron chi connectivity index (χ2n) is 7.37. The fraction of sp³-hybridized carbons (Fsp3) is 0.0417. The number of pyridine rings is 3. The highest BCUT2D eigenvalue weighted by Gasteiger charge is 2.24. The summed E-state index contributed by atoms with van der Waals surface area (Å²) in [6.45, 7) is 0.